The number of piperazine rings is 1. The lowest BCUT2D eigenvalue weighted by Crippen LogP contribution is -2.44. The molecule has 1 atom stereocenters. The Morgan fingerprint density at radius 2 is 2.00 bits per heavy atom. The number of nitrogens with zero attached hydrogens (tertiary/aromatic N) is 4. The molecule has 0 aromatic carbocycles. The van der Waals surface area contributed by atoms with Crippen LogP contribution in [0.3, 0.4) is 0 Å². The molecule has 0 aliphatic carbocycles. The molecule has 0 radical (unpaired) electrons. The van der Waals surface area contributed by atoms with Crippen molar-refractivity contribution in [1.29, 1.82) is 0 Å². The van der Waals surface area contributed by atoms with E-state index in [1.807, 2.05) is 17.5 Å². The molecule has 0 saturated carbocycles. The van der Waals surface area contributed by atoms with Crippen LogP contribution in [-0.4, -0.2) is 62.2 Å². The van der Waals surface area contributed by atoms with E-state index in [2.05, 4.69) is 76.0 Å². The Morgan fingerprint density at radius 1 is 1.20 bits per heavy atom. The molecule has 3 heterocycles. The van der Waals surface area contributed by atoms with Crippen LogP contribution in [0.15, 0.2) is 40.8 Å². The number of hydrogen-bond donors (Lipinski definition) is 2. The zero-order valence-electron chi connectivity index (χ0n) is 18.3. The lowest BCUT2D eigenvalue weighted by molar-refractivity contribution is 0.312. The minimum atomic E-state index is 0. The minimum Gasteiger partial charge on any atom is -0.357 e. The normalized spacial score (nSPS) is 16.1. The zero-order valence-corrected chi connectivity index (χ0v) is 21.5. The van der Waals surface area contributed by atoms with Crippen LogP contribution in [0, 0.1) is 5.92 Å². The number of hydrogen-bond acceptors (Lipinski definition) is 5. The molecular weight excluding hydrogens is 507 g/mol. The predicted molar refractivity (Wildman–Crippen MR) is 139 cm³/mol. The van der Waals surface area contributed by atoms with E-state index < -0.39 is 0 Å². The fraction of sp³-hybridized carbons (Fsp3) is 0.545. The van der Waals surface area contributed by atoms with Crippen molar-refractivity contribution in [3.63, 3.8) is 0 Å². The lowest BCUT2D eigenvalue weighted by atomic mass is 10.1. The SMILES string of the molecule is CCNC(=NCc1ccc(N2CCN(C)CC2)nc1)NCC(C)Cc1cccs1.I. The Hall–Kier alpha value is -1.39. The first-order chi connectivity index (χ1) is 14.1. The first kappa shape index (κ1) is 24.9. The summed E-state index contributed by atoms with van der Waals surface area (Å²) >= 11 is 1.83. The largest absolute Gasteiger partial charge is 0.357 e. The fourth-order valence-corrected chi connectivity index (χ4v) is 4.23. The van der Waals surface area contributed by atoms with Crippen molar-refractivity contribution < 1.29 is 0 Å². The molecule has 166 valence electrons. The number of aromatic nitrogens is 1. The van der Waals surface area contributed by atoms with Crippen LogP contribution in [0.1, 0.15) is 24.3 Å². The third-order valence-electron chi connectivity index (χ3n) is 5.15. The van der Waals surface area contributed by atoms with Gasteiger partial charge in [-0.25, -0.2) is 9.98 Å². The quantitative estimate of drug-likeness (QED) is 0.304. The van der Waals surface area contributed by atoms with Crippen molar-refractivity contribution in [2.75, 3.05) is 51.2 Å². The van der Waals surface area contributed by atoms with Gasteiger partial charge >= 0.3 is 0 Å². The number of pyridine rings is 1. The Kier molecular flexibility index (Phi) is 10.9. The van der Waals surface area contributed by atoms with Gasteiger partial charge in [-0.2, -0.15) is 0 Å². The number of likely N-dealkylation sites (N-methyl/N-ethyl adjacent to an activating group) is 1. The van der Waals surface area contributed by atoms with Crippen molar-refractivity contribution in [3.8, 4) is 0 Å². The molecular formula is C22H35IN6S. The van der Waals surface area contributed by atoms with Gasteiger partial charge in [0.15, 0.2) is 5.96 Å². The molecule has 3 rings (SSSR count). The van der Waals surface area contributed by atoms with E-state index in [-0.39, 0.29) is 24.0 Å². The molecule has 0 spiro atoms. The summed E-state index contributed by atoms with van der Waals surface area (Å²) in [6.45, 7) is 11.0. The molecule has 0 amide bonds. The summed E-state index contributed by atoms with van der Waals surface area (Å²) in [4.78, 5) is 15.6. The fourth-order valence-electron chi connectivity index (χ4n) is 3.36. The highest BCUT2D eigenvalue weighted by Crippen LogP contribution is 2.15. The smallest absolute Gasteiger partial charge is 0.191 e. The van der Waals surface area contributed by atoms with Gasteiger partial charge < -0.3 is 20.4 Å². The molecule has 1 fully saturated rings. The molecule has 2 aromatic heterocycles. The average molecular weight is 543 g/mol. The highest BCUT2D eigenvalue weighted by atomic mass is 127. The molecule has 1 unspecified atom stereocenters. The molecule has 1 saturated heterocycles. The van der Waals surface area contributed by atoms with Crippen molar-refractivity contribution in [2.24, 2.45) is 10.9 Å². The Balaban J connectivity index is 0.00000320. The standard InChI is InChI=1S/C22H34N6S.HI/c1-4-23-22(25-15-18(2)14-20-6-5-13-29-20)26-17-19-7-8-21(24-16-19)28-11-9-27(3)10-12-28;/h5-8,13,16,18H,4,9-12,14-15,17H2,1-3H3,(H2,23,25,26);1H. The summed E-state index contributed by atoms with van der Waals surface area (Å²) in [5.41, 5.74) is 1.13. The van der Waals surface area contributed by atoms with E-state index in [4.69, 9.17) is 4.99 Å². The van der Waals surface area contributed by atoms with Gasteiger partial charge in [-0.3, -0.25) is 0 Å². The van der Waals surface area contributed by atoms with Gasteiger partial charge in [0.1, 0.15) is 5.82 Å². The van der Waals surface area contributed by atoms with Crippen LogP contribution in [0.25, 0.3) is 0 Å². The molecule has 30 heavy (non-hydrogen) atoms. The second kappa shape index (κ2) is 13.1. The summed E-state index contributed by atoms with van der Waals surface area (Å²) in [5, 5.41) is 8.97. The predicted octanol–water partition coefficient (Wildman–Crippen LogP) is 3.45. The van der Waals surface area contributed by atoms with Crippen molar-refractivity contribution in [3.05, 3.63) is 46.3 Å². The maximum absolute atomic E-state index is 4.74. The van der Waals surface area contributed by atoms with Gasteiger partial charge in [0.05, 0.1) is 6.54 Å². The van der Waals surface area contributed by atoms with Crippen molar-refractivity contribution in [1.82, 2.24) is 20.5 Å². The van der Waals surface area contributed by atoms with Crippen LogP contribution in [0.4, 0.5) is 5.82 Å². The summed E-state index contributed by atoms with van der Waals surface area (Å²) in [7, 11) is 2.17. The summed E-state index contributed by atoms with van der Waals surface area (Å²) < 4.78 is 0. The van der Waals surface area contributed by atoms with Gasteiger partial charge in [0.2, 0.25) is 0 Å². The van der Waals surface area contributed by atoms with Gasteiger partial charge in [-0.15, -0.1) is 35.3 Å². The Morgan fingerprint density at radius 3 is 2.63 bits per heavy atom. The van der Waals surface area contributed by atoms with Crippen molar-refractivity contribution >= 4 is 47.1 Å². The topological polar surface area (TPSA) is 55.8 Å². The number of guanidine groups is 1. The maximum Gasteiger partial charge on any atom is 0.191 e. The summed E-state index contributed by atoms with van der Waals surface area (Å²) in [6, 6.07) is 8.60. The average Bonchev–Trinajstić information content (AvgIpc) is 3.24. The second-order valence-corrected chi connectivity index (χ2v) is 8.81. The molecule has 0 bridgehead atoms. The van der Waals surface area contributed by atoms with Crippen LogP contribution < -0.4 is 15.5 Å². The van der Waals surface area contributed by atoms with E-state index in [1.165, 1.54) is 4.88 Å². The van der Waals surface area contributed by atoms with E-state index in [9.17, 15) is 0 Å². The molecule has 2 N–H and O–H groups in total. The number of halogens is 1. The monoisotopic (exact) mass is 542 g/mol. The van der Waals surface area contributed by atoms with Crippen LogP contribution in [0.2, 0.25) is 0 Å². The van der Waals surface area contributed by atoms with E-state index in [0.717, 1.165) is 63.0 Å². The highest BCUT2D eigenvalue weighted by molar-refractivity contribution is 14.0. The maximum atomic E-state index is 4.74. The third-order valence-corrected chi connectivity index (χ3v) is 6.05. The van der Waals surface area contributed by atoms with E-state index in [0.29, 0.717) is 12.5 Å². The number of aliphatic imine (C=N–C) groups is 1. The van der Waals surface area contributed by atoms with Gasteiger partial charge in [0, 0.05) is 50.3 Å². The highest BCUT2D eigenvalue weighted by Gasteiger charge is 2.15. The van der Waals surface area contributed by atoms with Gasteiger partial charge in [-0.1, -0.05) is 19.1 Å². The van der Waals surface area contributed by atoms with Crippen molar-refractivity contribution in [2.45, 2.75) is 26.8 Å². The third kappa shape index (κ3) is 8.03. The lowest BCUT2D eigenvalue weighted by Gasteiger charge is -2.33. The molecule has 2 aromatic rings. The molecule has 6 nitrogen and oxygen atoms in total. The molecule has 1 aliphatic heterocycles. The first-order valence-corrected chi connectivity index (χ1v) is 11.4. The number of anilines is 1. The molecule has 1 aliphatic rings. The first-order valence-electron chi connectivity index (χ1n) is 10.6. The number of thiophene rings is 1. The number of nitrogens with one attached hydrogen (secondary N) is 2. The van der Waals surface area contributed by atoms with Gasteiger partial charge in [0.25, 0.3) is 0 Å². The van der Waals surface area contributed by atoms with Gasteiger partial charge in [-0.05, 0) is 49.4 Å². The van der Waals surface area contributed by atoms with Crippen LogP contribution in [-0.2, 0) is 13.0 Å². The minimum absolute atomic E-state index is 0. The second-order valence-electron chi connectivity index (χ2n) is 7.78. The summed E-state index contributed by atoms with van der Waals surface area (Å²) in [5.74, 6) is 2.49. The van der Waals surface area contributed by atoms with E-state index >= 15 is 0 Å². The number of rotatable bonds is 8. The van der Waals surface area contributed by atoms with E-state index in [1.54, 1.807) is 0 Å². The Labute approximate surface area is 202 Å². The molecule has 8 heteroatoms. The zero-order chi connectivity index (χ0) is 20.5. The van der Waals surface area contributed by atoms with Crippen LogP contribution in [0.5, 0.6) is 0 Å². The van der Waals surface area contributed by atoms with Crippen LogP contribution >= 0.6 is 35.3 Å². The summed E-state index contributed by atoms with van der Waals surface area (Å²) in [6.07, 6.45) is 3.06. The Bertz CT molecular complexity index is 741.